The molecule has 0 spiro atoms. The van der Waals surface area contributed by atoms with Crippen molar-refractivity contribution < 1.29 is 13.9 Å². The summed E-state index contributed by atoms with van der Waals surface area (Å²) in [6, 6.07) is 24.5. The number of rotatable bonds is 7. The summed E-state index contributed by atoms with van der Waals surface area (Å²) < 4.78 is 26.2. The van der Waals surface area contributed by atoms with Crippen molar-refractivity contribution in [1.82, 2.24) is 10.2 Å². The average Bonchev–Trinajstić information content (AvgIpc) is 2.78. The molecule has 1 N–H and O–H groups in total. The molecule has 3 aromatic rings. The third kappa shape index (κ3) is 5.51. The number of halogens is 2. The molecule has 158 valence electrons. The van der Waals surface area contributed by atoms with E-state index in [4.69, 9.17) is 9.47 Å². The summed E-state index contributed by atoms with van der Waals surface area (Å²) in [5.74, 6) is 2.61. The predicted octanol–water partition coefficient (Wildman–Crippen LogP) is 5.61. The van der Waals surface area contributed by atoms with Crippen molar-refractivity contribution in [3.8, 4) is 23.0 Å². The van der Waals surface area contributed by atoms with Gasteiger partial charge in [0.25, 0.3) is 0 Å². The number of nitrogens with zero attached hydrogens (tertiary/aromatic N) is 1. The van der Waals surface area contributed by atoms with Crippen molar-refractivity contribution in [2.45, 2.75) is 6.04 Å². The second-order valence-corrected chi connectivity index (χ2v) is 6.99. The molecule has 1 aliphatic heterocycles. The molecule has 3 aromatic carbocycles. The molecule has 4 rings (SSSR count). The fourth-order valence-electron chi connectivity index (χ4n) is 3.52. The number of benzene rings is 3. The average molecular weight is 429 g/mol. The van der Waals surface area contributed by atoms with Crippen LogP contribution in [-0.2, 0) is 0 Å². The second kappa shape index (κ2) is 11.0. The minimum absolute atomic E-state index is 0. The highest BCUT2D eigenvalue weighted by Crippen LogP contribution is 2.38. The minimum Gasteiger partial charge on any atom is -0.453 e. The molecule has 0 aliphatic carbocycles. The summed E-state index contributed by atoms with van der Waals surface area (Å²) in [6.45, 7) is 2.96. The molecule has 0 saturated carbocycles. The van der Waals surface area contributed by atoms with Gasteiger partial charge in [-0.3, -0.25) is 4.90 Å². The van der Waals surface area contributed by atoms with Gasteiger partial charge in [-0.25, -0.2) is 4.39 Å². The van der Waals surface area contributed by atoms with Crippen LogP contribution in [0.1, 0.15) is 11.6 Å². The number of para-hydroxylation sites is 2. The van der Waals surface area contributed by atoms with E-state index in [1.165, 1.54) is 0 Å². The van der Waals surface area contributed by atoms with Gasteiger partial charge in [-0.2, -0.15) is 0 Å². The summed E-state index contributed by atoms with van der Waals surface area (Å²) in [5, 5.41) is 3.32. The lowest BCUT2D eigenvalue weighted by Gasteiger charge is -2.33. The first kappa shape index (κ1) is 22.1. The zero-order valence-corrected chi connectivity index (χ0v) is 17.5. The maximum Gasteiger partial charge on any atom is 0.170 e. The maximum atomic E-state index is 14.0. The zero-order valence-electron chi connectivity index (χ0n) is 16.7. The van der Waals surface area contributed by atoms with Gasteiger partial charge in [0.2, 0.25) is 0 Å². The Morgan fingerprint density at radius 3 is 1.93 bits per heavy atom. The molecule has 1 fully saturated rings. The van der Waals surface area contributed by atoms with Gasteiger partial charge >= 0.3 is 0 Å². The summed E-state index contributed by atoms with van der Waals surface area (Å²) >= 11 is 0. The van der Waals surface area contributed by atoms with Crippen LogP contribution in [0.25, 0.3) is 0 Å². The summed E-state index contributed by atoms with van der Waals surface area (Å²) in [7, 11) is 0. The SMILES string of the molecule is Cl.FC[C@H](c1ccc(Oc2ccccc2)c(Oc2ccccc2)c1)N1CCNCC1. The molecule has 1 atom stereocenters. The quantitative estimate of drug-likeness (QED) is 0.530. The van der Waals surface area contributed by atoms with Gasteiger partial charge in [0.1, 0.15) is 18.2 Å². The molecule has 6 heteroatoms. The van der Waals surface area contributed by atoms with E-state index in [1.54, 1.807) is 0 Å². The van der Waals surface area contributed by atoms with Gasteiger partial charge in [-0.1, -0.05) is 42.5 Å². The largest absolute Gasteiger partial charge is 0.453 e. The molecule has 0 radical (unpaired) electrons. The molecular formula is C24H26ClFN2O2. The molecule has 30 heavy (non-hydrogen) atoms. The number of hydrogen-bond donors (Lipinski definition) is 1. The maximum absolute atomic E-state index is 14.0. The van der Waals surface area contributed by atoms with Gasteiger partial charge in [-0.15, -0.1) is 12.4 Å². The Labute approximate surface area is 183 Å². The lowest BCUT2D eigenvalue weighted by molar-refractivity contribution is 0.147. The normalized spacial score (nSPS) is 15.1. The Bertz CT molecular complexity index is 906. The molecule has 1 heterocycles. The lowest BCUT2D eigenvalue weighted by atomic mass is 10.0. The van der Waals surface area contributed by atoms with Crippen molar-refractivity contribution >= 4 is 12.4 Å². The fourth-order valence-corrected chi connectivity index (χ4v) is 3.52. The smallest absolute Gasteiger partial charge is 0.170 e. The number of piperazine rings is 1. The van der Waals surface area contributed by atoms with Gasteiger partial charge < -0.3 is 14.8 Å². The van der Waals surface area contributed by atoms with Crippen LogP contribution in [0.15, 0.2) is 78.9 Å². The first-order chi connectivity index (χ1) is 14.3. The van der Waals surface area contributed by atoms with Crippen LogP contribution in [0.4, 0.5) is 4.39 Å². The lowest BCUT2D eigenvalue weighted by Crippen LogP contribution is -2.45. The standard InChI is InChI=1S/C24H25FN2O2.ClH/c25-18-22(27-15-13-26-14-16-27)19-11-12-23(28-20-7-3-1-4-8-20)24(17-19)29-21-9-5-2-6-10-21;/h1-12,17,22,26H,13-16,18H2;1H/t22-;/m1./s1. The van der Waals surface area contributed by atoms with Crippen LogP contribution in [0, 0.1) is 0 Å². The van der Waals surface area contributed by atoms with Crippen LogP contribution in [0.3, 0.4) is 0 Å². The van der Waals surface area contributed by atoms with Gasteiger partial charge in [0.15, 0.2) is 11.5 Å². The van der Waals surface area contributed by atoms with E-state index in [-0.39, 0.29) is 18.4 Å². The van der Waals surface area contributed by atoms with Gasteiger partial charge in [0, 0.05) is 26.2 Å². The monoisotopic (exact) mass is 428 g/mol. The first-order valence-corrected chi connectivity index (χ1v) is 9.94. The van der Waals surface area contributed by atoms with Crippen LogP contribution in [0.5, 0.6) is 23.0 Å². The van der Waals surface area contributed by atoms with E-state index in [0.717, 1.165) is 37.5 Å². The van der Waals surface area contributed by atoms with E-state index >= 15 is 0 Å². The van der Waals surface area contributed by atoms with Crippen molar-refractivity contribution in [1.29, 1.82) is 0 Å². The first-order valence-electron chi connectivity index (χ1n) is 9.94. The predicted molar refractivity (Wildman–Crippen MR) is 120 cm³/mol. The number of ether oxygens (including phenoxy) is 2. The third-order valence-corrected chi connectivity index (χ3v) is 5.03. The van der Waals surface area contributed by atoms with E-state index in [2.05, 4.69) is 10.2 Å². The highest BCUT2D eigenvalue weighted by molar-refractivity contribution is 5.85. The van der Waals surface area contributed by atoms with E-state index < -0.39 is 6.67 Å². The Hall–Kier alpha value is -2.60. The Balaban J connectivity index is 0.00000256. The van der Waals surface area contributed by atoms with Crippen LogP contribution in [0.2, 0.25) is 0 Å². The summed E-state index contributed by atoms with van der Waals surface area (Å²) in [6.07, 6.45) is 0. The molecule has 0 unspecified atom stereocenters. The minimum atomic E-state index is -0.441. The van der Waals surface area contributed by atoms with Crippen molar-refractivity contribution in [2.75, 3.05) is 32.9 Å². The van der Waals surface area contributed by atoms with E-state index in [0.29, 0.717) is 17.2 Å². The third-order valence-electron chi connectivity index (χ3n) is 5.03. The number of alkyl halides is 1. The molecule has 1 saturated heterocycles. The van der Waals surface area contributed by atoms with Crippen molar-refractivity contribution in [3.63, 3.8) is 0 Å². The Morgan fingerprint density at radius 2 is 1.37 bits per heavy atom. The summed E-state index contributed by atoms with van der Waals surface area (Å²) in [4.78, 5) is 2.18. The zero-order chi connectivity index (χ0) is 19.9. The van der Waals surface area contributed by atoms with Crippen LogP contribution in [-0.4, -0.2) is 37.8 Å². The van der Waals surface area contributed by atoms with E-state index in [9.17, 15) is 4.39 Å². The molecule has 0 bridgehead atoms. The van der Waals surface area contributed by atoms with Crippen LogP contribution < -0.4 is 14.8 Å². The van der Waals surface area contributed by atoms with Crippen LogP contribution >= 0.6 is 12.4 Å². The van der Waals surface area contributed by atoms with Crippen molar-refractivity contribution in [3.05, 3.63) is 84.4 Å². The molecule has 0 amide bonds. The topological polar surface area (TPSA) is 33.7 Å². The fraction of sp³-hybridized carbons (Fsp3) is 0.250. The van der Waals surface area contributed by atoms with Gasteiger partial charge in [-0.05, 0) is 42.0 Å². The second-order valence-electron chi connectivity index (χ2n) is 6.99. The Kier molecular flexibility index (Phi) is 8.08. The highest BCUT2D eigenvalue weighted by atomic mass is 35.5. The summed E-state index contributed by atoms with van der Waals surface area (Å²) in [5.41, 5.74) is 0.890. The molecular weight excluding hydrogens is 403 g/mol. The highest BCUT2D eigenvalue weighted by Gasteiger charge is 2.23. The van der Waals surface area contributed by atoms with E-state index in [1.807, 2.05) is 78.9 Å². The molecule has 0 aromatic heterocycles. The number of nitrogens with one attached hydrogen (secondary N) is 1. The van der Waals surface area contributed by atoms with Gasteiger partial charge in [0.05, 0.1) is 6.04 Å². The Morgan fingerprint density at radius 1 is 0.800 bits per heavy atom. The molecule has 1 aliphatic rings. The number of hydrogen-bond acceptors (Lipinski definition) is 4. The van der Waals surface area contributed by atoms with Crippen molar-refractivity contribution in [2.24, 2.45) is 0 Å². The molecule has 4 nitrogen and oxygen atoms in total.